The van der Waals surface area contributed by atoms with E-state index in [1.54, 1.807) is 13.8 Å². The van der Waals surface area contributed by atoms with Crippen LogP contribution in [-0.2, 0) is 52.7 Å². The van der Waals surface area contributed by atoms with Crippen molar-refractivity contribution in [3.63, 3.8) is 0 Å². The van der Waals surface area contributed by atoms with Crippen LogP contribution in [0, 0.1) is 29.6 Å². The number of halogens is 5. The Kier molecular flexibility index (Phi) is 25.3. The van der Waals surface area contributed by atoms with Crippen molar-refractivity contribution in [1.29, 1.82) is 0 Å². The van der Waals surface area contributed by atoms with E-state index >= 15 is 9.59 Å². The fourth-order valence-electron chi connectivity index (χ4n) is 15.1. The van der Waals surface area contributed by atoms with Gasteiger partial charge < -0.3 is 56.0 Å². The highest BCUT2D eigenvalue weighted by Gasteiger charge is 2.52. The minimum Gasteiger partial charge on any atom is -0.351 e. The Morgan fingerprint density at radius 2 is 1.14 bits per heavy atom. The SMILES string of the molecule is CC[C@H](C)[C@@H]1NC(=O)[C@H](C)N(C)C(=O)C[C@@H](C)NC(=O)[C@H](C2CCCC2)N(C)C(=O)C2(CCCC2)NC(=O)[C@@H]2CCCN2C(=O)[C@H](CCC2CCC(C(F)(F)F)C(Cl)C2)NC(=O)[C@@H](C)N(C)C(=O)[C@H](CC2CCC(F)CC2)NC(=O)[C@@H]2CCN2C(=O)[C@H](C)N(C)C1=O. The molecule has 27 heteroatoms. The first-order valence-corrected chi connectivity index (χ1v) is 34.3. The molecule has 92 heavy (non-hydrogen) atoms. The molecule has 0 radical (unpaired) electrons. The first-order valence-electron chi connectivity index (χ1n) is 33.9. The highest BCUT2D eigenvalue weighted by Crippen LogP contribution is 2.44. The second-order valence-corrected chi connectivity index (χ2v) is 28.6. The zero-order chi connectivity index (χ0) is 67.8. The highest BCUT2D eigenvalue weighted by molar-refractivity contribution is 6.20. The van der Waals surface area contributed by atoms with Crippen LogP contribution < -0.4 is 26.6 Å². The summed E-state index contributed by atoms with van der Waals surface area (Å²) in [6.45, 7) is 9.87. The number of alkyl halides is 5. The molecule has 5 N–H and O–H groups in total. The lowest BCUT2D eigenvalue weighted by molar-refractivity contribution is -0.182. The Morgan fingerprint density at radius 3 is 1.74 bits per heavy atom. The summed E-state index contributed by atoms with van der Waals surface area (Å²) in [5, 5.41) is 13.3. The molecule has 7 rings (SSSR count). The molecule has 0 aromatic rings. The number of nitrogens with zero attached hydrogens (tertiary/aromatic N) is 6. The van der Waals surface area contributed by atoms with Crippen LogP contribution >= 0.6 is 11.6 Å². The standard InChI is InChI=1S/C65H102ClF4N11O11/c1-11-36(2)52-62(91)78(9)40(6)59(88)81-32-28-50(81)56(85)73-48(35-42-20-24-44(67)25-21-42)60(89)77(8)39(5)54(83)72-47(27-23-41-22-26-45(46(66)34-41)65(68,69)70)61(90)80-31-16-19-49(80)57(86)75-64(29-14-15-30-64)63(92)79(10)53(43-17-12-13-18-43)58(87)71-37(3)33-51(82)76(7)38(4)55(84)74-52/h36-50,52-53H,11-35H2,1-10H3,(H,71,87)(H,72,83)(H,73,85)(H,74,84)(H,75,86)/t36-,37+,38-,39+,40-,41?,42?,44?,45?,46?,47-,48-,49-,50-,52-,53-/m0/s1. The van der Waals surface area contributed by atoms with Gasteiger partial charge in [-0.15, -0.1) is 11.6 Å². The number of nitrogens with one attached hydrogen (secondary N) is 5. The Hall–Kier alpha value is -5.82. The van der Waals surface area contributed by atoms with Gasteiger partial charge in [-0.3, -0.25) is 52.7 Å². The highest BCUT2D eigenvalue weighted by atomic mass is 35.5. The van der Waals surface area contributed by atoms with Gasteiger partial charge in [-0.25, -0.2) is 4.39 Å². The van der Waals surface area contributed by atoms with Crippen molar-refractivity contribution in [3.8, 4) is 0 Å². The lowest BCUT2D eigenvalue weighted by Gasteiger charge is -2.43. The van der Waals surface area contributed by atoms with Gasteiger partial charge in [-0.2, -0.15) is 13.2 Å². The van der Waals surface area contributed by atoms with Gasteiger partial charge in [0.15, 0.2) is 0 Å². The second kappa shape index (κ2) is 31.6. The Bertz CT molecular complexity index is 2690. The minimum atomic E-state index is -4.51. The summed E-state index contributed by atoms with van der Waals surface area (Å²) in [5.41, 5.74) is -1.48. The van der Waals surface area contributed by atoms with E-state index in [0.29, 0.717) is 51.4 Å². The predicted molar refractivity (Wildman–Crippen MR) is 334 cm³/mol. The summed E-state index contributed by atoms with van der Waals surface area (Å²) >= 11 is 6.38. The molecule has 0 aromatic heterocycles. The quantitative estimate of drug-likeness (QED) is 0.155. The van der Waals surface area contributed by atoms with E-state index in [1.165, 1.54) is 73.5 Å². The van der Waals surface area contributed by atoms with E-state index in [-0.39, 0.29) is 114 Å². The zero-order valence-corrected chi connectivity index (χ0v) is 56.3. The zero-order valence-electron chi connectivity index (χ0n) is 55.6. The normalized spacial score (nSPS) is 34.6. The molecule has 3 heterocycles. The van der Waals surface area contributed by atoms with Gasteiger partial charge in [-0.1, -0.05) is 46.0 Å². The number of carbonyl (C=O) groups is 11. The van der Waals surface area contributed by atoms with Crippen LogP contribution in [0.3, 0.4) is 0 Å². The van der Waals surface area contributed by atoms with E-state index in [0.717, 1.165) is 17.7 Å². The van der Waals surface area contributed by atoms with Gasteiger partial charge in [0.25, 0.3) is 0 Å². The van der Waals surface area contributed by atoms with Gasteiger partial charge in [0.2, 0.25) is 65.0 Å². The van der Waals surface area contributed by atoms with Gasteiger partial charge in [-0.05, 0) is 161 Å². The summed E-state index contributed by atoms with van der Waals surface area (Å²) in [4.78, 5) is 168. The molecule has 7 aliphatic rings. The van der Waals surface area contributed by atoms with E-state index in [1.807, 2.05) is 6.92 Å². The van der Waals surface area contributed by atoms with E-state index in [9.17, 15) is 60.7 Å². The summed E-state index contributed by atoms with van der Waals surface area (Å²) in [7, 11) is 5.74. The number of fused-ring (bicyclic) bond motifs is 2. The molecule has 4 saturated carbocycles. The van der Waals surface area contributed by atoms with Gasteiger partial charge >= 0.3 is 6.18 Å². The van der Waals surface area contributed by atoms with E-state index < -0.39 is 160 Å². The molecular formula is C65H102ClF4N11O11. The maximum atomic E-state index is 15.2. The molecule has 14 atom stereocenters. The molecule has 0 bridgehead atoms. The summed E-state index contributed by atoms with van der Waals surface area (Å²) in [5.74, 6) is -9.81. The molecule has 0 aromatic carbocycles. The predicted octanol–water partition coefficient (Wildman–Crippen LogP) is 5.26. The average Bonchev–Trinajstić information content (AvgIpc) is 1.43. The third kappa shape index (κ3) is 17.2. The minimum absolute atomic E-state index is 0.00522. The van der Waals surface area contributed by atoms with Crippen molar-refractivity contribution in [3.05, 3.63) is 0 Å². The molecule has 7 fully saturated rings. The van der Waals surface area contributed by atoms with Crippen molar-refractivity contribution in [2.45, 2.75) is 273 Å². The van der Waals surface area contributed by atoms with Crippen molar-refractivity contribution < 1.29 is 70.3 Å². The Labute approximate surface area is 544 Å². The van der Waals surface area contributed by atoms with Crippen LogP contribution in [0.15, 0.2) is 0 Å². The number of hydrogen-bond donors (Lipinski definition) is 5. The first-order chi connectivity index (χ1) is 43.3. The Morgan fingerprint density at radius 1 is 0.565 bits per heavy atom. The fraction of sp³-hybridized carbons (Fsp3) is 0.831. The number of rotatable bonds is 8. The smallest absolute Gasteiger partial charge is 0.351 e. The number of amides is 11. The van der Waals surface area contributed by atoms with Crippen LogP contribution in [0.2, 0.25) is 0 Å². The van der Waals surface area contributed by atoms with Crippen molar-refractivity contribution >= 4 is 76.6 Å². The maximum Gasteiger partial charge on any atom is 0.393 e. The van der Waals surface area contributed by atoms with Crippen LogP contribution in [0.5, 0.6) is 0 Å². The Balaban J connectivity index is 1.21. The van der Waals surface area contributed by atoms with Crippen LogP contribution in [0.4, 0.5) is 17.6 Å². The molecule has 11 amide bonds. The molecule has 3 unspecified atom stereocenters. The summed E-state index contributed by atoms with van der Waals surface area (Å²) in [6, 6.07) is -11.3. The van der Waals surface area contributed by atoms with Gasteiger partial charge in [0.1, 0.15) is 66.1 Å². The van der Waals surface area contributed by atoms with Crippen molar-refractivity contribution in [1.82, 2.24) is 56.0 Å². The third-order valence-electron chi connectivity index (χ3n) is 21.9. The third-order valence-corrected chi connectivity index (χ3v) is 22.3. The molecule has 22 nitrogen and oxygen atoms in total. The molecule has 518 valence electrons. The van der Waals surface area contributed by atoms with Crippen molar-refractivity contribution in [2.75, 3.05) is 41.3 Å². The summed E-state index contributed by atoms with van der Waals surface area (Å²) < 4.78 is 56.4. The van der Waals surface area contributed by atoms with Gasteiger partial charge in [0.05, 0.1) is 5.92 Å². The van der Waals surface area contributed by atoms with Crippen LogP contribution in [0.25, 0.3) is 0 Å². The molecular weight excluding hydrogens is 1220 g/mol. The molecule has 4 aliphatic carbocycles. The van der Waals surface area contributed by atoms with Crippen molar-refractivity contribution in [2.24, 2.45) is 29.6 Å². The lowest BCUT2D eigenvalue weighted by Crippen LogP contribution is -2.65. The lowest BCUT2D eigenvalue weighted by atomic mass is 9.78. The van der Waals surface area contributed by atoms with Crippen LogP contribution in [-0.4, -0.2) is 219 Å². The number of likely N-dealkylation sites (N-methyl/N-ethyl adjacent to an activating group) is 4. The largest absolute Gasteiger partial charge is 0.393 e. The number of carbonyl (C=O) groups excluding carboxylic acids is 11. The summed E-state index contributed by atoms with van der Waals surface area (Å²) in [6.07, 6.45) is 1.23. The average molecular weight is 1330 g/mol. The molecule has 3 saturated heterocycles. The van der Waals surface area contributed by atoms with E-state index in [2.05, 4.69) is 26.6 Å². The fourth-order valence-corrected chi connectivity index (χ4v) is 15.6. The maximum absolute atomic E-state index is 15.2. The first kappa shape index (κ1) is 73.6. The van der Waals surface area contributed by atoms with E-state index in [4.69, 9.17) is 11.6 Å². The number of hydrogen-bond acceptors (Lipinski definition) is 11. The topological polar surface area (TPSA) is 267 Å². The second-order valence-electron chi connectivity index (χ2n) is 28.0. The van der Waals surface area contributed by atoms with Gasteiger partial charge in [0, 0.05) is 59.1 Å². The molecule has 3 aliphatic heterocycles. The van der Waals surface area contributed by atoms with Crippen LogP contribution in [0.1, 0.15) is 189 Å². The monoisotopic (exact) mass is 1320 g/mol. The molecule has 1 spiro atoms.